The molecule has 4 rings (SSSR count). The molecule has 2 aromatic carbocycles. The van der Waals surface area contributed by atoms with Crippen LogP contribution in [0.1, 0.15) is 59.2 Å². The number of rotatable bonds is 12. The van der Waals surface area contributed by atoms with Crippen LogP contribution in [0.15, 0.2) is 58.3 Å². The van der Waals surface area contributed by atoms with E-state index in [0.29, 0.717) is 0 Å². The number of esters is 1. The Morgan fingerprint density at radius 1 is 0.569 bits per heavy atom. The second kappa shape index (κ2) is 21.5. The highest BCUT2D eigenvalue weighted by molar-refractivity contribution is 7.91. The molecule has 2 aromatic rings. The van der Waals surface area contributed by atoms with E-state index in [4.69, 9.17) is 5.11 Å². The highest BCUT2D eigenvalue weighted by atomic mass is 32.2. The lowest BCUT2D eigenvalue weighted by Gasteiger charge is -2.33. The lowest BCUT2D eigenvalue weighted by Crippen LogP contribution is -2.49. The summed E-state index contributed by atoms with van der Waals surface area (Å²) in [5, 5.41) is 8.84. The van der Waals surface area contributed by atoms with Gasteiger partial charge in [-0.15, -0.1) is 0 Å². The quantitative estimate of drug-likeness (QED) is 0.123. The number of carbonyl (C=O) groups excluding carboxylic acids is 3. The number of sulfone groups is 2. The van der Waals surface area contributed by atoms with E-state index < -0.39 is 80.7 Å². The van der Waals surface area contributed by atoms with Crippen LogP contribution >= 0.6 is 0 Å². The third-order valence-corrected chi connectivity index (χ3v) is 13.6. The Morgan fingerprint density at radius 2 is 0.862 bits per heavy atom. The molecule has 0 saturated carbocycles. The molecule has 1 N–H and O–H groups in total. The number of amides is 2. The largest absolute Gasteiger partial charge is 0.478 e. The summed E-state index contributed by atoms with van der Waals surface area (Å²) in [6, 6.07) is 9.75. The van der Waals surface area contributed by atoms with Crippen molar-refractivity contribution in [2.45, 2.75) is 85.2 Å². The number of nitrogens with zero attached hydrogens (tertiary/aromatic N) is 2. The molecule has 0 bridgehead atoms. The van der Waals surface area contributed by atoms with Crippen molar-refractivity contribution in [2.75, 3.05) is 44.8 Å². The Bertz CT molecular complexity index is 2140. The van der Waals surface area contributed by atoms with Gasteiger partial charge in [0.2, 0.25) is 0 Å². The molecule has 0 atom stereocenters. The highest BCUT2D eigenvalue weighted by Gasteiger charge is 2.61. The number of hydrogen-bond donors (Lipinski definition) is 1. The smallest absolute Gasteiger partial charge is 0.434 e. The van der Waals surface area contributed by atoms with Gasteiger partial charge in [-0.25, -0.2) is 36.0 Å². The van der Waals surface area contributed by atoms with Gasteiger partial charge in [-0.05, 0) is 98.9 Å². The molecule has 0 unspecified atom stereocenters. The van der Waals surface area contributed by atoms with E-state index >= 15 is 0 Å². The van der Waals surface area contributed by atoms with E-state index in [-0.39, 0.29) is 109 Å². The number of methoxy groups -OCH3 is 1. The maximum atomic E-state index is 12.5. The maximum absolute atomic E-state index is 12.5. The summed E-state index contributed by atoms with van der Waals surface area (Å²) < 4.78 is 212. The van der Waals surface area contributed by atoms with E-state index in [0.717, 1.165) is 34.1 Å². The molecule has 28 heteroatoms. The summed E-state index contributed by atoms with van der Waals surface area (Å²) in [6.07, 6.45) is -34.1. The first-order chi connectivity index (χ1) is 29.8. The van der Waals surface area contributed by atoms with Gasteiger partial charge in [-0.3, -0.25) is 0 Å². The van der Waals surface area contributed by atoms with Gasteiger partial charge < -0.3 is 29.1 Å². The van der Waals surface area contributed by atoms with Crippen LogP contribution in [0.5, 0.6) is 0 Å². The molecule has 2 saturated heterocycles. The van der Waals surface area contributed by atoms with Gasteiger partial charge in [0, 0.05) is 26.2 Å². The Labute approximate surface area is 362 Å². The van der Waals surface area contributed by atoms with E-state index in [1.54, 1.807) is 0 Å². The summed E-state index contributed by atoms with van der Waals surface area (Å²) in [6.45, 7) is -0.696. The lowest BCUT2D eigenvalue weighted by atomic mass is 9.95. The number of likely N-dealkylation sites (tertiary alicyclic amines) is 2. The van der Waals surface area contributed by atoms with Crippen molar-refractivity contribution in [1.82, 2.24) is 9.80 Å². The van der Waals surface area contributed by atoms with Crippen molar-refractivity contribution in [1.29, 1.82) is 0 Å². The van der Waals surface area contributed by atoms with Crippen LogP contribution in [-0.4, -0.2) is 138 Å². The topological polar surface area (TPSA) is 191 Å². The molecule has 2 heterocycles. The van der Waals surface area contributed by atoms with E-state index in [1.165, 1.54) is 31.4 Å². The van der Waals surface area contributed by atoms with Crippen molar-refractivity contribution in [3.63, 3.8) is 0 Å². The van der Waals surface area contributed by atoms with Crippen LogP contribution in [0.2, 0.25) is 0 Å². The fourth-order valence-corrected chi connectivity index (χ4v) is 9.26. The zero-order valence-electron chi connectivity index (χ0n) is 33.6. The average molecular weight is 997 g/mol. The molecule has 0 aliphatic carbocycles. The summed E-state index contributed by atoms with van der Waals surface area (Å²) in [4.78, 5) is 47.2. The molecule has 0 radical (unpaired) electrons. The van der Waals surface area contributed by atoms with Gasteiger partial charge in [-0.2, -0.15) is 52.7 Å². The van der Waals surface area contributed by atoms with E-state index in [9.17, 15) is 88.7 Å². The zero-order chi connectivity index (χ0) is 49.3. The molecule has 2 aliphatic heterocycles. The monoisotopic (exact) mass is 996 g/mol. The second-order valence-electron chi connectivity index (χ2n) is 14.6. The Kier molecular flexibility index (Phi) is 18.0. The van der Waals surface area contributed by atoms with Gasteiger partial charge in [0.25, 0.3) is 12.2 Å². The van der Waals surface area contributed by atoms with Gasteiger partial charge >= 0.3 is 48.8 Å². The summed E-state index contributed by atoms with van der Waals surface area (Å²) in [5.74, 6) is -2.83. The van der Waals surface area contributed by atoms with E-state index in [2.05, 4.69) is 14.2 Å². The molecule has 2 amide bonds. The molecule has 0 spiro atoms. The average Bonchev–Trinajstić information content (AvgIpc) is 3.21. The first kappa shape index (κ1) is 54.3. The fourth-order valence-electron chi connectivity index (χ4n) is 6.40. The van der Waals surface area contributed by atoms with Crippen LogP contribution in [0.3, 0.4) is 0 Å². The summed E-state index contributed by atoms with van der Waals surface area (Å²) >= 11 is 0. The van der Waals surface area contributed by atoms with Gasteiger partial charge in [0.05, 0.1) is 39.5 Å². The number of halogens is 12. The predicted octanol–water partition coefficient (Wildman–Crippen LogP) is 7.87. The number of benzene rings is 2. The third-order valence-electron chi connectivity index (χ3n) is 10.1. The molecule has 2 aliphatic rings. The van der Waals surface area contributed by atoms with Crippen LogP contribution in [-0.2, 0) is 33.9 Å². The number of carboxylic acids is 1. The number of carbonyl (C=O) groups is 4. The van der Waals surface area contributed by atoms with Gasteiger partial charge in [0.1, 0.15) is 0 Å². The van der Waals surface area contributed by atoms with Gasteiger partial charge in [0.15, 0.2) is 19.7 Å². The van der Waals surface area contributed by atoms with Crippen molar-refractivity contribution in [3.8, 4) is 0 Å². The Hall–Kier alpha value is -5.02. The second-order valence-corrected chi connectivity index (χ2v) is 18.8. The number of hydrogen-bond acceptors (Lipinski definition) is 11. The number of piperidine rings is 2. The Balaban J connectivity index is 0.000000345. The normalized spacial score (nSPS) is 16.2. The first-order valence-electron chi connectivity index (χ1n) is 18.9. The molecule has 65 heavy (non-hydrogen) atoms. The van der Waals surface area contributed by atoms with Crippen LogP contribution in [0, 0.1) is 11.8 Å². The molecule has 2 fully saturated rings. The number of alkyl halides is 12. The maximum Gasteiger partial charge on any atom is 0.434 e. The predicted molar refractivity (Wildman–Crippen MR) is 198 cm³/mol. The molecule has 0 aromatic heterocycles. The Morgan fingerprint density at radius 3 is 1.12 bits per heavy atom. The standard InChI is InChI=1S/C19H21F6NO6S.C18H19F6NO6S/c1-31-15(27)13-2-4-14(5-3-13)33(29,30)11-8-12-6-9-26(10-7-12)17(28)32-16(18(20,21)22)19(23,24)25;19-17(20,21)15(18(22,23)24)31-16(28)25-8-5-11(6-9-25)7-10-32(29,30)13-3-1-12(2-4-13)14(26)27/h2-5,12,16H,6-11H2,1H3;1-4,11,15H,5-10H2,(H,26,27). The zero-order valence-corrected chi connectivity index (χ0v) is 35.2. The van der Waals surface area contributed by atoms with Crippen molar-refractivity contribution in [3.05, 3.63) is 59.7 Å². The van der Waals surface area contributed by atoms with Crippen LogP contribution in [0.4, 0.5) is 62.3 Å². The van der Waals surface area contributed by atoms with Gasteiger partial charge in [-0.1, -0.05) is 0 Å². The highest BCUT2D eigenvalue weighted by Crippen LogP contribution is 2.38. The number of ether oxygens (including phenoxy) is 3. The minimum Gasteiger partial charge on any atom is -0.478 e. The first-order valence-corrected chi connectivity index (χ1v) is 22.2. The van der Waals surface area contributed by atoms with Crippen molar-refractivity contribution < 1.29 is 108 Å². The van der Waals surface area contributed by atoms with Crippen molar-refractivity contribution in [2.24, 2.45) is 11.8 Å². The molecule has 366 valence electrons. The summed E-state index contributed by atoms with van der Waals surface area (Å²) in [7, 11) is -6.24. The van der Waals surface area contributed by atoms with E-state index in [1.807, 2.05) is 0 Å². The van der Waals surface area contributed by atoms with Crippen molar-refractivity contribution >= 4 is 43.8 Å². The van der Waals surface area contributed by atoms with Crippen LogP contribution in [0.25, 0.3) is 0 Å². The summed E-state index contributed by atoms with van der Waals surface area (Å²) in [5.41, 5.74) is 0.0930. The number of carboxylic acid groups (broad SMARTS) is 1. The van der Waals surface area contributed by atoms with Crippen LogP contribution < -0.4 is 0 Å². The molecular weight excluding hydrogens is 957 g/mol. The lowest BCUT2D eigenvalue weighted by molar-refractivity contribution is -0.309. The number of aromatic carboxylic acids is 1. The minimum absolute atomic E-state index is 0.0125. The SMILES string of the molecule is COC(=O)c1ccc(S(=O)(=O)CCC2CCN(C(=O)OC(C(F)(F)F)C(F)(F)F)CC2)cc1.O=C(O)c1ccc(S(=O)(=O)CCC2CCN(C(=O)OC(C(F)(F)F)C(F)(F)F)CC2)cc1. The third kappa shape index (κ3) is 16.1. The minimum atomic E-state index is -5.80. The fraction of sp³-hybridized carbons (Fsp3) is 0.568. The molecular formula is C37H40F12N2O12S2. The molecule has 14 nitrogen and oxygen atoms in total.